The standard InChI is InChI=1S/C8H18N2/c1-9(2)6-4-8-5-7-10(8)3/h8H,4-7H2,1-3H3/t8-/m0/s1. The topological polar surface area (TPSA) is 6.48 Å². The van der Waals surface area contributed by atoms with Crippen molar-refractivity contribution in [1.82, 2.24) is 9.80 Å². The van der Waals surface area contributed by atoms with E-state index in [0.717, 1.165) is 6.04 Å². The largest absolute Gasteiger partial charge is 0.309 e. The van der Waals surface area contributed by atoms with Crippen molar-refractivity contribution >= 4 is 0 Å². The van der Waals surface area contributed by atoms with Crippen molar-refractivity contribution in [2.75, 3.05) is 34.2 Å². The van der Waals surface area contributed by atoms with Crippen molar-refractivity contribution in [2.45, 2.75) is 18.9 Å². The molecule has 0 unspecified atom stereocenters. The highest BCUT2D eigenvalue weighted by Gasteiger charge is 2.22. The van der Waals surface area contributed by atoms with Crippen LogP contribution in [0.15, 0.2) is 0 Å². The molecule has 1 aliphatic heterocycles. The lowest BCUT2D eigenvalue weighted by Gasteiger charge is -2.38. The number of likely N-dealkylation sites (tertiary alicyclic amines) is 1. The van der Waals surface area contributed by atoms with E-state index in [1.54, 1.807) is 0 Å². The predicted molar refractivity (Wildman–Crippen MR) is 44.2 cm³/mol. The number of hydrogen-bond donors (Lipinski definition) is 0. The molecule has 0 saturated carbocycles. The zero-order valence-electron chi connectivity index (χ0n) is 7.30. The Balaban J connectivity index is 2.03. The minimum atomic E-state index is 0.877. The first-order chi connectivity index (χ1) is 4.70. The summed E-state index contributed by atoms with van der Waals surface area (Å²) in [7, 11) is 6.49. The van der Waals surface area contributed by atoms with Crippen LogP contribution in [0.3, 0.4) is 0 Å². The lowest BCUT2D eigenvalue weighted by atomic mass is 10.0. The number of rotatable bonds is 3. The molecule has 2 heteroatoms. The van der Waals surface area contributed by atoms with Crippen molar-refractivity contribution in [3.05, 3.63) is 0 Å². The maximum absolute atomic E-state index is 2.43. The van der Waals surface area contributed by atoms with E-state index in [9.17, 15) is 0 Å². The van der Waals surface area contributed by atoms with Gasteiger partial charge in [-0.2, -0.15) is 0 Å². The van der Waals surface area contributed by atoms with Crippen molar-refractivity contribution < 1.29 is 0 Å². The molecule has 0 aromatic rings. The highest BCUT2D eigenvalue weighted by Crippen LogP contribution is 2.17. The van der Waals surface area contributed by atoms with Gasteiger partial charge in [0, 0.05) is 6.04 Å². The van der Waals surface area contributed by atoms with E-state index in [-0.39, 0.29) is 0 Å². The molecule has 60 valence electrons. The molecular formula is C8H18N2. The average molecular weight is 142 g/mol. The van der Waals surface area contributed by atoms with Gasteiger partial charge in [-0.1, -0.05) is 0 Å². The van der Waals surface area contributed by atoms with E-state index in [1.807, 2.05) is 0 Å². The Kier molecular flexibility index (Phi) is 2.69. The molecule has 1 rings (SSSR count). The van der Waals surface area contributed by atoms with Crippen molar-refractivity contribution in [1.29, 1.82) is 0 Å². The van der Waals surface area contributed by atoms with E-state index in [2.05, 4.69) is 30.9 Å². The first-order valence-electron chi connectivity index (χ1n) is 4.05. The predicted octanol–water partition coefficient (Wildman–Crippen LogP) is 0.642. The molecule has 0 spiro atoms. The molecule has 1 atom stereocenters. The fourth-order valence-electron chi connectivity index (χ4n) is 1.34. The smallest absolute Gasteiger partial charge is 0.0117 e. The molecule has 0 radical (unpaired) electrons. The van der Waals surface area contributed by atoms with Gasteiger partial charge in [-0.15, -0.1) is 0 Å². The van der Waals surface area contributed by atoms with E-state index in [1.165, 1.54) is 25.9 Å². The molecule has 1 aliphatic rings. The van der Waals surface area contributed by atoms with Crippen LogP contribution in [0.25, 0.3) is 0 Å². The van der Waals surface area contributed by atoms with E-state index in [0.29, 0.717) is 0 Å². The Bertz CT molecular complexity index is 101. The van der Waals surface area contributed by atoms with Crippen LogP contribution in [-0.4, -0.2) is 50.1 Å². The third kappa shape index (κ3) is 1.96. The summed E-state index contributed by atoms with van der Waals surface area (Å²) in [6, 6.07) is 0.877. The van der Waals surface area contributed by atoms with Crippen LogP contribution in [0.4, 0.5) is 0 Å². The molecule has 0 aliphatic carbocycles. The van der Waals surface area contributed by atoms with Gasteiger partial charge >= 0.3 is 0 Å². The molecule has 1 saturated heterocycles. The lowest BCUT2D eigenvalue weighted by molar-refractivity contribution is 0.110. The van der Waals surface area contributed by atoms with E-state index < -0.39 is 0 Å². The van der Waals surface area contributed by atoms with Crippen molar-refractivity contribution in [3.63, 3.8) is 0 Å². The Morgan fingerprint density at radius 3 is 2.50 bits per heavy atom. The minimum Gasteiger partial charge on any atom is -0.309 e. The van der Waals surface area contributed by atoms with Crippen LogP contribution in [0, 0.1) is 0 Å². The lowest BCUT2D eigenvalue weighted by Crippen LogP contribution is -2.45. The molecule has 10 heavy (non-hydrogen) atoms. The van der Waals surface area contributed by atoms with Gasteiger partial charge in [0.15, 0.2) is 0 Å². The van der Waals surface area contributed by atoms with Gasteiger partial charge in [0.25, 0.3) is 0 Å². The molecule has 0 amide bonds. The zero-order chi connectivity index (χ0) is 7.56. The maximum Gasteiger partial charge on any atom is 0.0117 e. The summed E-state index contributed by atoms with van der Waals surface area (Å²) in [5.74, 6) is 0. The second kappa shape index (κ2) is 3.35. The number of nitrogens with zero attached hydrogens (tertiary/aromatic N) is 2. The molecule has 0 N–H and O–H groups in total. The first kappa shape index (κ1) is 8.02. The van der Waals surface area contributed by atoms with Gasteiger partial charge in [0.05, 0.1) is 0 Å². The normalized spacial score (nSPS) is 27.0. The third-order valence-electron chi connectivity index (χ3n) is 2.35. The Labute approximate surface area is 63.8 Å². The van der Waals surface area contributed by atoms with Gasteiger partial charge < -0.3 is 9.80 Å². The van der Waals surface area contributed by atoms with Crippen LogP contribution in [0.5, 0.6) is 0 Å². The Morgan fingerprint density at radius 1 is 1.50 bits per heavy atom. The molecule has 0 aromatic carbocycles. The Hall–Kier alpha value is -0.0800. The van der Waals surface area contributed by atoms with Gasteiger partial charge in [0.1, 0.15) is 0 Å². The maximum atomic E-state index is 2.43. The van der Waals surface area contributed by atoms with E-state index >= 15 is 0 Å². The molecule has 2 nitrogen and oxygen atoms in total. The number of hydrogen-bond acceptors (Lipinski definition) is 2. The summed E-state index contributed by atoms with van der Waals surface area (Å²) >= 11 is 0. The van der Waals surface area contributed by atoms with Gasteiger partial charge in [-0.3, -0.25) is 0 Å². The third-order valence-corrected chi connectivity index (χ3v) is 2.35. The fraction of sp³-hybridized carbons (Fsp3) is 1.00. The summed E-state index contributed by atoms with van der Waals surface area (Å²) in [5.41, 5.74) is 0. The van der Waals surface area contributed by atoms with Crippen LogP contribution in [-0.2, 0) is 0 Å². The monoisotopic (exact) mass is 142 g/mol. The summed E-state index contributed by atoms with van der Waals surface area (Å²) < 4.78 is 0. The molecule has 1 fully saturated rings. The molecule has 1 heterocycles. The zero-order valence-corrected chi connectivity index (χ0v) is 7.30. The quantitative estimate of drug-likeness (QED) is 0.570. The van der Waals surface area contributed by atoms with Crippen LogP contribution in [0.2, 0.25) is 0 Å². The van der Waals surface area contributed by atoms with Gasteiger partial charge in [-0.25, -0.2) is 0 Å². The molecule has 0 bridgehead atoms. The van der Waals surface area contributed by atoms with Crippen LogP contribution >= 0.6 is 0 Å². The SMILES string of the molecule is CN(C)CC[C@H]1CCN1C. The van der Waals surface area contributed by atoms with Gasteiger partial charge in [0.2, 0.25) is 0 Å². The van der Waals surface area contributed by atoms with Crippen LogP contribution < -0.4 is 0 Å². The van der Waals surface area contributed by atoms with Crippen LogP contribution in [0.1, 0.15) is 12.8 Å². The summed E-state index contributed by atoms with van der Waals surface area (Å²) in [5, 5.41) is 0. The summed E-state index contributed by atoms with van der Waals surface area (Å²) in [6.07, 6.45) is 2.74. The minimum absolute atomic E-state index is 0.877. The fourth-order valence-corrected chi connectivity index (χ4v) is 1.34. The van der Waals surface area contributed by atoms with Gasteiger partial charge in [-0.05, 0) is 47.1 Å². The van der Waals surface area contributed by atoms with Crippen molar-refractivity contribution in [2.24, 2.45) is 0 Å². The highest BCUT2D eigenvalue weighted by atomic mass is 15.2. The average Bonchev–Trinajstić information content (AvgIpc) is 1.84. The van der Waals surface area contributed by atoms with Crippen molar-refractivity contribution in [3.8, 4) is 0 Å². The molecular weight excluding hydrogens is 124 g/mol. The first-order valence-corrected chi connectivity index (χ1v) is 4.05. The second-order valence-corrected chi connectivity index (χ2v) is 3.52. The Morgan fingerprint density at radius 2 is 2.20 bits per heavy atom. The molecule has 0 aromatic heterocycles. The summed E-state index contributed by atoms with van der Waals surface area (Å²) in [6.45, 7) is 2.53. The second-order valence-electron chi connectivity index (χ2n) is 3.52. The van der Waals surface area contributed by atoms with E-state index in [4.69, 9.17) is 0 Å². The highest BCUT2D eigenvalue weighted by molar-refractivity contribution is 4.79. The summed E-state index contributed by atoms with van der Waals surface area (Å²) in [4.78, 5) is 4.69.